The SMILES string of the molecule is COCCCNCc1cc(-c2ccccc2)cn2c(=O)n(C)nc12. The summed E-state index contributed by atoms with van der Waals surface area (Å²) in [5.41, 5.74) is 3.65. The van der Waals surface area contributed by atoms with E-state index >= 15 is 0 Å². The molecule has 0 aliphatic carbocycles. The van der Waals surface area contributed by atoms with E-state index in [4.69, 9.17) is 4.74 Å². The summed E-state index contributed by atoms with van der Waals surface area (Å²) in [7, 11) is 3.38. The van der Waals surface area contributed by atoms with Crippen molar-refractivity contribution in [3.05, 3.63) is 58.6 Å². The summed E-state index contributed by atoms with van der Waals surface area (Å²) >= 11 is 0. The highest BCUT2D eigenvalue weighted by molar-refractivity contribution is 5.66. The Hall–Kier alpha value is -2.44. The zero-order chi connectivity index (χ0) is 16.9. The van der Waals surface area contributed by atoms with E-state index in [2.05, 4.69) is 16.5 Å². The average molecular weight is 326 g/mol. The highest BCUT2D eigenvalue weighted by Gasteiger charge is 2.11. The molecule has 0 bridgehead atoms. The standard InChI is InChI=1S/C18H22N4O2/c1-21-18(23)22-13-16(14-7-4-3-5-8-14)11-15(17(22)20-21)12-19-9-6-10-24-2/h3-5,7-8,11,13,19H,6,9-10,12H2,1-2H3. The summed E-state index contributed by atoms with van der Waals surface area (Å²) in [6, 6.07) is 12.1. The van der Waals surface area contributed by atoms with E-state index in [0.717, 1.165) is 36.3 Å². The van der Waals surface area contributed by atoms with E-state index in [9.17, 15) is 4.79 Å². The van der Waals surface area contributed by atoms with Crippen LogP contribution in [0.5, 0.6) is 0 Å². The van der Waals surface area contributed by atoms with Crippen molar-refractivity contribution >= 4 is 5.65 Å². The van der Waals surface area contributed by atoms with E-state index < -0.39 is 0 Å². The highest BCUT2D eigenvalue weighted by atomic mass is 16.5. The third-order valence-electron chi connectivity index (χ3n) is 3.97. The van der Waals surface area contributed by atoms with Gasteiger partial charge < -0.3 is 10.1 Å². The van der Waals surface area contributed by atoms with E-state index in [1.807, 2.05) is 36.5 Å². The van der Waals surface area contributed by atoms with Gasteiger partial charge in [0.15, 0.2) is 5.65 Å². The average Bonchev–Trinajstić information content (AvgIpc) is 2.90. The lowest BCUT2D eigenvalue weighted by Crippen LogP contribution is -2.19. The van der Waals surface area contributed by atoms with Crippen molar-refractivity contribution in [2.24, 2.45) is 7.05 Å². The molecule has 0 radical (unpaired) electrons. The third kappa shape index (κ3) is 3.39. The summed E-state index contributed by atoms with van der Waals surface area (Å²) in [6.07, 6.45) is 2.80. The Morgan fingerprint density at radius 1 is 1.21 bits per heavy atom. The molecule has 0 fully saturated rings. The van der Waals surface area contributed by atoms with Crippen molar-refractivity contribution < 1.29 is 4.74 Å². The molecule has 1 aromatic carbocycles. The Morgan fingerprint density at radius 3 is 2.75 bits per heavy atom. The van der Waals surface area contributed by atoms with Crippen molar-refractivity contribution in [2.45, 2.75) is 13.0 Å². The number of nitrogens with one attached hydrogen (secondary N) is 1. The van der Waals surface area contributed by atoms with Crippen molar-refractivity contribution in [3.63, 3.8) is 0 Å². The van der Waals surface area contributed by atoms with Crippen LogP contribution in [0.4, 0.5) is 0 Å². The number of hydrogen-bond donors (Lipinski definition) is 1. The van der Waals surface area contributed by atoms with Crippen LogP contribution in [-0.2, 0) is 18.3 Å². The van der Waals surface area contributed by atoms with E-state index in [1.54, 1.807) is 18.6 Å². The third-order valence-corrected chi connectivity index (χ3v) is 3.97. The molecule has 126 valence electrons. The molecule has 2 aromatic heterocycles. The van der Waals surface area contributed by atoms with Gasteiger partial charge in [-0.25, -0.2) is 13.9 Å². The quantitative estimate of drug-likeness (QED) is 0.673. The van der Waals surface area contributed by atoms with Gasteiger partial charge in [0.2, 0.25) is 0 Å². The fourth-order valence-electron chi connectivity index (χ4n) is 2.73. The maximum absolute atomic E-state index is 12.3. The Kier molecular flexibility index (Phi) is 5.08. The number of aryl methyl sites for hydroxylation is 1. The topological polar surface area (TPSA) is 60.6 Å². The molecule has 0 saturated heterocycles. The molecule has 1 N–H and O–H groups in total. The molecule has 24 heavy (non-hydrogen) atoms. The number of ether oxygens (including phenoxy) is 1. The minimum Gasteiger partial charge on any atom is -0.385 e. The van der Waals surface area contributed by atoms with Crippen molar-refractivity contribution in [2.75, 3.05) is 20.3 Å². The molecule has 0 amide bonds. The van der Waals surface area contributed by atoms with Crippen LogP contribution >= 0.6 is 0 Å². The van der Waals surface area contributed by atoms with Gasteiger partial charge in [-0.15, -0.1) is 5.10 Å². The number of benzene rings is 1. The molecule has 2 heterocycles. The van der Waals surface area contributed by atoms with Crippen LogP contribution in [0.25, 0.3) is 16.8 Å². The van der Waals surface area contributed by atoms with Crippen LogP contribution in [0, 0.1) is 0 Å². The Labute approximate surface area is 140 Å². The summed E-state index contributed by atoms with van der Waals surface area (Å²) in [4.78, 5) is 12.3. The van der Waals surface area contributed by atoms with Crippen LogP contribution in [0.15, 0.2) is 47.4 Å². The molecule has 3 rings (SSSR count). The number of nitrogens with zero attached hydrogens (tertiary/aromatic N) is 3. The first-order valence-electron chi connectivity index (χ1n) is 8.04. The van der Waals surface area contributed by atoms with E-state index in [-0.39, 0.29) is 5.69 Å². The smallest absolute Gasteiger partial charge is 0.350 e. The lowest BCUT2D eigenvalue weighted by atomic mass is 10.1. The zero-order valence-electron chi connectivity index (χ0n) is 14.0. The second-order valence-corrected chi connectivity index (χ2v) is 5.74. The van der Waals surface area contributed by atoms with Crippen molar-refractivity contribution in [1.29, 1.82) is 0 Å². The number of pyridine rings is 1. The Bertz CT molecular complexity index is 868. The number of hydrogen-bond acceptors (Lipinski definition) is 4. The summed E-state index contributed by atoms with van der Waals surface area (Å²) in [6.45, 7) is 2.24. The predicted octanol–water partition coefficient (Wildman–Crippen LogP) is 1.83. The largest absolute Gasteiger partial charge is 0.385 e. The van der Waals surface area contributed by atoms with Gasteiger partial charge in [-0.1, -0.05) is 30.3 Å². The fraction of sp³-hybridized carbons (Fsp3) is 0.333. The van der Waals surface area contributed by atoms with E-state index in [0.29, 0.717) is 12.2 Å². The maximum Gasteiger partial charge on any atom is 0.350 e. The summed E-state index contributed by atoms with van der Waals surface area (Å²) in [5, 5.41) is 7.76. The van der Waals surface area contributed by atoms with Crippen LogP contribution < -0.4 is 11.0 Å². The van der Waals surface area contributed by atoms with Gasteiger partial charge in [-0.2, -0.15) is 0 Å². The first-order valence-corrected chi connectivity index (χ1v) is 8.04. The number of fused-ring (bicyclic) bond motifs is 1. The number of aromatic nitrogens is 3. The predicted molar refractivity (Wildman–Crippen MR) is 94.1 cm³/mol. The van der Waals surface area contributed by atoms with Crippen LogP contribution in [-0.4, -0.2) is 34.4 Å². The first kappa shape index (κ1) is 16.4. The Balaban J connectivity index is 1.96. The van der Waals surface area contributed by atoms with Gasteiger partial charge in [0, 0.05) is 39.1 Å². The molecule has 0 saturated carbocycles. The Morgan fingerprint density at radius 2 is 2.00 bits per heavy atom. The molecular weight excluding hydrogens is 304 g/mol. The normalized spacial score (nSPS) is 11.2. The second kappa shape index (κ2) is 7.42. The highest BCUT2D eigenvalue weighted by Crippen LogP contribution is 2.21. The summed E-state index contributed by atoms with van der Waals surface area (Å²) < 4.78 is 8.05. The molecule has 0 aliphatic heterocycles. The number of methoxy groups -OCH3 is 1. The molecule has 6 nitrogen and oxygen atoms in total. The monoisotopic (exact) mass is 326 g/mol. The fourth-order valence-corrected chi connectivity index (χ4v) is 2.73. The summed E-state index contributed by atoms with van der Waals surface area (Å²) in [5.74, 6) is 0. The van der Waals surface area contributed by atoms with Crippen molar-refractivity contribution in [1.82, 2.24) is 19.5 Å². The number of rotatable bonds is 7. The lowest BCUT2D eigenvalue weighted by molar-refractivity contribution is 0.194. The molecule has 0 unspecified atom stereocenters. The second-order valence-electron chi connectivity index (χ2n) is 5.74. The van der Waals surface area contributed by atoms with Gasteiger partial charge in [-0.3, -0.25) is 0 Å². The van der Waals surface area contributed by atoms with Gasteiger partial charge in [0.05, 0.1) is 0 Å². The van der Waals surface area contributed by atoms with Gasteiger partial charge >= 0.3 is 5.69 Å². The van der Waals surface area contributed by atoms with E-state index in [1.165, 1.54) is 4.68 Å². The molecule has 6 heteroatoms. The molecular formula is C18H22N4O2. The molecule has 0 spiro atoms. The van der Waals surface area contributed by atoms with Gasteiger partial charge in [0.25, 0.3) is 0 Å². The first-order chi connectivity index (χ1) is 11.7. The molecule has 0 atom stereocenters. The lowest BCUT2D eigenvalue weighted by Gasteiger charge is -2.09. The van der Waals surface area contributed by atoms with Crippen LogP contribution in [0.3, 0.4) is 0 Å². The van der Waals surface area contributed by atoms with Crippen LogP contribution in [0.2, 0.25) is 0 Å². The van der Waals surface area contributed by atoms with Crippen LogP contribution in [0.1, 0.15) is 12.0 Å². The zero-order valence-corrected chi connectivity index (χ0v) is 14.0. The minimum absolute atomic E-state index is 0.136. The molecule has 3 aromatic rings. The molecule has 0 aliphatic rings. The van der Waals surface area contributed by atoms with Crippen molar-refractivity contribution in [3.8, 4) is 11.1 Å². The van der Waals surface area contributed by atoms with Gasteiger partial charge in [0.1, 0.15) is 0 Å². The van der Waals surface area contributed by atoms with Gasteiger partial charge in [-0.05, 0) is 30.2 Å². The maximum atomic E-state index is 12.3. The minimum atomic E-state index is -0.136.